The molecule has 1 aromatic carbocycles. The van der Waals surface area contributed by atoms with Gasteiger partial charge in [-0.1, -0.05) is 23.4 Å². The molecule has 8 heteroatoms. The quantitative estimate of drug-likeness (QED) is 0.742. The van der Waals surface area contributed by atoms with Crippen LogP contribution in [0.3, 0.4) is 0 Å². The van der Waals surface area contributed by atoms with Gasteiger partial charge < -0.3 is 19.6 Å². The van der Waals surface area contributed by atoms with Crippen LogP contribution in [0.5, 0.6) is 5.75 Å². The average Bonchev–Trinajstić information content (AvgIpc) is 3.12. The van der Waals surface area contributed by atoms with Crippen molar-refractivity contribution in [2.24, 2.45) is 5.16 Å². The molecule has 0 spiro atoms. The van der Waals surface area contributed by atoms with Crippen LogP contribution in [0.4, 0.5) is 9.18 Å². The number of carbonyl (C=O) groups excluding carboxylic acids is 1. The molecule has 7 nitrogen and oxygen atoms in total. The number of para-hydroxylation sites is 1. The number of oxime groups is 1. The minimum atomic E-state index is -0.560. The number of nitrogens with one attached hydrogen (secondary N) is 1. The van der Waals surface area contributed by atoms with Crippen LogP contribution in [-0.4, -0.2) is 41.6 Å². The molecule has 2 aromatic rings. The minimum Gasteiger partial charge on any atom is -0.489 e. The molecule has 1 amide bonds. The summed E-state index contributed by atoms with van der Waals surface area (Å²) in [7, 11) is 0. The highest BCUT2D eigenvalue weighted by molar-refractivity contribution is 5.89. The Labute approximate surface area is 168 Å². The summed E-state index contributed by atoms with van der Waals surface area (Å²) in [6, 6.07) is 10.5. The van der Waals surface area contributed by atoms with Gasteiger partial charge in [-0.05, 0) is 39.0 Å². The fourth-order valence-corrected chi connectivity index (χ4v) is 2.75. The number of hydrogen-bond acceptors (Lipinski definition) is 6. The van der Waals surface area contributed by atoms with Crippen molar-refractivity contribution in [1.29, 1.82) is 0 Å². The number of benzene rings is 1. The Balaban J connectivity index is 1.52. The largest absolute Gasteiger partial charge is 0.489 e. The highest BCUT2D eigenvalue weighted by atomic mass is 19.1. The summed E-state index contributed by atoms with van der Waals surface area (Å²) in [5.41, 5.74) is 1.11. The first kappa shape index (κ1) is 20.6. The molecule has 1 aliphatic rings. The summed E-state index contributed by atoms with van der Waals surface area (Å²) in [6.07, 6.45) is 1.11. The summed E-state index contributed by atoms with van der Waals surface area (Å²) in [6.45, 7) is 5.86. The average molecular weight is 401 g/mol. The van der Waals surface area contributed by atoms with Crippen LogP contribution in [0.2, 0.25) is 0 Å². The summed E-state index contributed by atoms with van der Waals surface area (Å²) in [4.78, 5) is 20.8. The van der Waals surface area contributed by atoms with E-state index < -0.39 is 17.6 Å². The van der Waals surface area contributed by atoms with Crippen molar-refractivity contribution in [3.63, 3.8) is 0 Å². The number of amides is 1. The fraction of sp³-hybridized carbons (Fsp3) is 0.381. The number of aromatic nitrogens is 1. The van der Waals surface area contributed by atoms with Gasteiger partial charge in [-0.3, -0.25) is 0 Å². The highest BCUT2D eigenvalue weighted by Crippen LogP contribution is 2.31. The Hall–Kier alpha value is -3.16. The number of ether oxygens (including phenoxy) is 2. The van der Waals surface area contributed by atoms with E-state index in [1.165, 1.54) is 6.20 Å². The molecule has 1 N–H and O–H groups in total. The summed E-state index contributed by atoms with van der Waals surface area (Å²) in [5.74, 6) is -0.0252. The van der Waals surface area contributed by atoms with Gasteiger partial charge >= 0.3 is 6.09 Å². The van der Waals surface area contributed by atoms with Crippen molar-refractivity contribution >= 4 is 11.8 Å². The molecule has 3 rings (SSSR count). The molecule has 0 saturated heterocycles. The second kappa shape index (κ2) is 8.89. The predicted octanol–water partition coefficient (Wildman–Crippen LogP) is 3.94. The van der Waals surface area contributed by atoms with Crippen LogP contribution < -0.4 is 10.1 Å². The number of halogens is 1. The molecule has 0 radical (unpaired) electrons. The molecular weight excluding hydrogens is 377 g/mol. The third-order valence-corrected chi connectivity index (χ3v) is 3.99. The molecule has 0 aliphatic carbocycles. The van der Waals surface area contributed by atoms with Crippen LogP contribution in [0.1, 0.15) is 27.2 Å². The molecular formula is C21H24FN3O4. The monoisotopic (exact) mass is 401 g/mol. The summed E-state index contributed by atoms with van der Waals surface area (Å²) >= 11 is 0. The second-order valence-electron chi connectivity index (χ2n) is 7.59. The maximum Gasteiger partial charge on any atom is 0.407 e. The standard InChI is InChI=1S/C21H24FN3O4/c1-21(2,3)28-20(26)24-12-14-11-15(29-25-14)13-27-18-9-5-4-7-16(18)17-8-6-10-23-19(17)22/h4-10,15H,11-13H2,1-3H3,(H,24,26). The molecule has 1 aromatic heterocycles. The third-order valence-electron chi connectivity index (χ3n) is 3.99. The first-order valence-electron chi connectivity index (χ1n) is 9.33. The zero-order valence-electron chi connectivity index (χ0n) is 16.6. The highest BCUT2D eigenvalue weighted by Gasteiger charge is 2.24. The van der Waals surface area contributed by atoms with E-state index in [4.69, 9.17) is 14.3 Å². The second-order valence-corrected chi connectivity index (χ2v) is 7.59. The maximum absolute atomic E-state index is 14.0. The Bertz CT molecular complexity index is 895. The van der Waals surface area contributed by atoms with E-state index in [-0.39, 0.29) is 19.3 Å². The number of rotatable bonds is 6. The fourth-order valence-electron chi connectivity index (χ4n) is 2.75. The molecule has 2 heterocycles. The lowest BCUT2D eigenvalue weighted by molar-refractivity contribution is 0.0472. The van der Waals surface area contributed by atoms with Gasteiger partial charge in [-0.25, -0.2) is 9.78 Å². The molecule has 0 saturated carbocycles. The van der Waals surface area contributed by atoms with Crippen LogP contribution in [0, 0.1) is 5.95 Å². The van der Waals surface area contributed by atoms with Gasteiger partial charge in [-0.15, -0.1) is 0 Å². The van der Waals surface area contributed by atoms with Crippen LogP contribution in [0.25, 0.3) is 11.1 Å². The molecule has 0 fully saturated rings. The van der Waals surface area contributed by atoms with E-state index in [0.717, 1.165) is 0 Å². The topological polar surface area (TPSA) is 82.0 Å². The molecule has 1 unspecified atom stereocenters. The van der Waals surface area contributed by atoms with Crippen molar-refractivity contribution in [2.45, 2.75) is 38.9 Å². The molecule has 1 aliphatic heterocycles. The number of hydrogen-bond donors (Lipinski definition) is 1. The van der Waals surface area contributed by atoms with E-state index >= 15 is 0 Å². The van der Waals surface area contributed by atoms with E-state index in [1.54, 1.807) is 45.0 Å². The maximum atomic E-state index is 14.0. The number of pyridine rings is 1. The third kappa shape index (κ3) is 5.91. The minimum absolute atomic E-state index is 0.234. The molecule has 29 heavy (non-hydrogen) atoms. The lowest BCUT2D eigenvalue weighted by Gasteiger charge is -2.19. The first-order valence-corrected chi connectivity index (χ1v) is 9.33. The van der Waals surface area contributed by atoms with Crippen molar-refractivity contribution < 1.29 is 23.5 Å². The van der Waals surface area contributed by atoms with E-state index in [9.17, 15) is 9.18 Å². The van der Waals surface area contributed by atoms with Crippen LogP contribution in [-0.2, 0) is 9.57 Å². The summed E-state index contributed by atoms with van der Waals surface area (Å²) in [5, 5.41) is 6.64. The van der Waals surface area contributed by atoms with Gasteiger partial charge in [-0.2, -0.15) is 4.39 Å². The lowest BCUT2D eigenvalue weighted by Crippen LogP contribution is -2.35. The van der Waals surface area contributed by atoms with E-state index in [0.29, 0.717) is 29.0 Å². The zero-order chi connectivity index (χ0) is 20.9. The molecule has 1 atom stereocenters. The normalized spacial score (nSPS) is 16.0. The van der Waals surface area contributed by atoms with Gasteiger partial charge in [0.15, 0.2) is 6.10 Å². The predicted molar refractivity (Wildman–Crippen MR) is 106 cm³/mol. The number of nitrogens with zero attached hydrogens (tertiary/aromatic N) is 2. The Morgan fingerprint density at radius 3 is 2.76 bits per heavy atom. The SMILES string of the molecule is CC(C)(C)OC(=O)NCC1=NOC(COc2ccccc2-c2cccnc2F)C1. The molecule has 0 bridgehead atoms. The van der Waals surface area contributed by atoms with Crippen molar-refractivity contribution in [2.75, 3.05) is 13.2 Å². The van der Waals surface area contributed by atoms with Gasteiger partial charge in [0.25, 0.3) is 0 Å². The van der Waals surface area contributed by atoms with E-state index in [2.05, 4.69) is 15.5 Å². The van der Waals surface area contributed by atoms with Crippen LogP contribution in [0.15, 0.2) is 47.8 Å². The molecule has 154 valence electrons. The van der Waals surface area contributed by atoms with Crippen molar-refractivity contribution in [3.8, 4) is 16.9 Å². The van der Waals surface area contributed by atoms with Crippen LogP contribution >= 0.6 is 0 Å². The van der Waals surface area contributed by atoms with Crippen molar-refractivity contribution in [1.82, 2.24) is 10.3 Å². The van der Waals surface area contributed by atoms with Gasteiger partial charge in [0.1, 0.15) is 18.0 Å². The van der Waals surface area contributed by atoms with Gasteiger partial charge in [0.05, 0.1) is 12.3 Å². The number of alkyl carbamates (subject to hydrolysis) is 1. The smallest absolute Gasteiger partial charge is 0.407 e. The number of carbonyl (C=O) groups is 1. The van der Waals surface area contributed by atoms with E-state index in [1.807, 2.05) is 12.1 Å². The van der Waals surface area contributed by atoms with Gasteiger partial charge in [0, 0.05) is 23.7 Å². The first-order chi connectivity index (χ1) is 13.8. The van der Waals surface area contributed by atoms with Crippen molar-refractivity contribution in [3.05, 3.63) is 48.5 Å². The Kier molecular flexibility index (Phi) is 6.31. The Morgan fingerprint density at radius 2 is 2.00 bits per heavy atom. The zero-order valence-corrected chi connectivity index (χ0v) is 16.6. The summed E-state index contributed by atoms with van der Waals surface area (Å²) < 4.78 is 25.1. The van der Waals surface area contributed by atoms with Gasteiger partial charge in [0.2, 0.25) is 5.95 Å². The lowest BCUT2D eigenvalue weighted by atomic mass is 10.1. The Morgan fingerprint density at radius 1 is 1.24 bits per heavy atom.